The molecule has 1 N–H and O–H groups in total. The Hall–Kier alpha value is -1.04. The van der Waals surface area contributed by atoms with Crippen LogP contribution in [0.5, 0.6) is 0 Å². The molecule has 0 spiro atoms. The third kappa shape index (κ3) is 2.63. The summed E-state index contributed by atoms with van der Waals surface area (Å²) in [6.45, 7) is 0. The molecular weight excluding hydrogens is 236 g/mol. The fourth-order valence-electron chi connectivity index (χ4n) is 4.60. The molecule has 0 heterocycles. The zero-order valence-electron chi connectivity index (χ0n) is 11.7. The SMILES string of the molecule is N#CC1(NC(=O)CC2CC3CCC2C3)CCCCC1. The number of carbonyl (C=O) groups excluding carboxylic acids is 1. The van der Waals surface area contributed by atoms with Crippen LogP contribution in [0.1, 0.15) is 64.2 Å². The largest absolute Gasteiger partial charge is 0.338 e. The number of amides is 1. The molecule has 19 heavy (non-hydrogen) atoms. The third-order valence-corrected chi connectivity index (χ3v) is 5.63. The van der Waals surface area contributed by atoms with Gasteiger partial charge in [0.25, 0.3) is 0 Å². The van der Waals surface area contributed by atoms with Gasteiger partial charge in [0.15, 0.2) is 0 Å². The van der Waals surface area contributed by atoms with Crippen LogP contribution in [0.2, 0.25) is 0 Å². The first kappa shape index (κ1) is 13.0. The van der Waals surface area contributed by atoms with Crippen LogP contribution in [0.4, 0.5) is 0 Å². The van der Waals surface area contributed by atoms with Crippen molar-refractivity contribution in [2.24, 2.45) is 17.8 Å². The van der Waals surface area contributed by atoms with Crippen molar-refractivity contribution in [1.82, 2.24) is 5.32 Å². The molecule has 104 valence electrons. The molecule has 0 saturated heterocycles. The molecular formula is C16H24N2O. The fourth-order valence-corrected chi connectivity index (χ4v) is 4.60. The molecule has 3 heteroatoms. The van der Waals surface area contributed by atoms with Gasteiger partial charge in [0.2, 0.25) is 5.91 Å². The Balaban J connectivity index is 1.54. The van der Waals surface area contributed by atoms with Crippen molar-refractivity contribution < 1.29 is 4.79 Å². The van der Waals surface area contributed by atoms with Crippen LogP contribution in [0.15, 0.2) is 0 Å². The van der Waals surface area contributed by atoms with E-state index < -0.39 is 5.54 Å². The van der Waals surface area contributed by atoms with E-state index in [1.54, 1.807) is 0 Å². The van der Waals surface area contributed by atoms with E-state index in [1.807, 2.05) is 0 Å². The maximum absolute atomic E-state index is 12.2. The topological polar surface area (TPSA) is 52.9 Å². The lowest BCUT2D eigenvalue weighted by Gasteiger charge is -2.32. The Kier molecular flexibility index (Phi) is 3.52. The molecule has 0 aromatic carbocycles. The predicted molar refractivity (Wildman–Crippen MR) is 73.1 cm³/mol. The summed E-state index contributed by atoms with van der Waals surface area (Å²) in [5.41, 5.74) is -0.549. The summed E-state index contributed by atoms with van der Waals surface area (Å²) >= 11 is 0. The zero-order chi connectivity index (χ0) is 13.3. The van der Waals surface area contributed by atoms with Gasteiger partial charge in [-0.05, 0) is 49.9 Å². The molecule has 0 aromatic heterocycles. The number of carbonyl (C=O) groups is 1. The van der Waals surface area contributed by atoms with Gasteiger partial charge in [-0.15, -0.1) is 0 Å². The van der Waals surface area contributed by atoms with E-state index in [0.717, 1.165) is 37.5 Å². The van der Waals surface area contributed by atoms with Crippen LogP contribution < -0.4 is 5.32 Å². The third-order valence-electron chi connectivity index (χ3n) is 5.63. The average Bonchev–Trinajstić information content (AvgIpc) is 3.02. The number of nitrogens with one attached hydrogen (secondary N) is 1. The average molecular weight is 260 g/mol. The Morgan fingerprint density at radius 3 is 2.58 bits per heavy atom. The second kappa shape index (κ2) is 5.15. The van der Waals surface area contributed by atoms with Crippen molar-refractivity contribution in [2.75, 3.05) is 0 Å². The van der Waals surface area contributed by atoms with Gasteiger partial charge in [0, 0.05) is 6.42 Å². The van der Waals surface area contributed by atoms with E-state index in [4.69, 9.17) is 0 Å². The van der Waals surface area contributed by atoms with E-state index >= 15 is 0 Å². The molecule has 3 unspecified atom stereocenters. The Labute approximate surface area is 115 Å². The molecule has 3 saturated carbocycles. The molecule has 0 aromatic rings. The number of fused-ring (bicyclic) bond motifs is 2. The van der Waals surface area contributed by atoms with E-state index in [2.05, 4.69) is 11.4 Å². The van der Waals surface area contributed by atoms with Crippen molar-refractivity contribution in [1.29, 1.82) is 5.26 Å². The molecule has 1 amide bonds. The number of hydrogen-bond acceptors (Lipinski definition) is 2. The molecule has 3 fully saturated rings. The molecule has 3 nitrogen and oxygen atoms in total. The molecule has 0 radical (unpaired) electrons. The molecule has 2 bridgehead atoms. The van der Waals surface area contributed by atoms with Crippen molar-refractivity contribution >= 4 is 5.91 Å². The molecule has 3 rings (SSSR count). The highest BCUT2D eigenvalue weighted by Crippen LogP contribution is 2.49. The fraction of sp³-hybridized carbons (Fsp3) is 0.875. The van der Waals surface area contributed by atoms with Crippen LogP contribution >= 0.6 is 0 Å². The summed E-state index contributed by atoms with van der Waals surface area (Å²) in [4.78, 5) is 12.2. The van der Waals surface area contributed by atoms with Crippen LogP contribution in [0.3, 0.4) is 0 Å². The molecule has 3 aliphatic carbocycles. The van der Waals surface area contributed by atoms with Gasteiger partial charge in [-0.1, -0.05) is 25.7 Å². The summed E-state index contributed by atoms with van der Waals surface area (Å²) in [6.07, 6.45) is 11.0. The summed E-state index contributed by atoms with van der Waals surface area (Å²) < 4.78 is 0. The van der Waals surface area contributed by atoms with Gasteiger partial charge >= 0.3 is 0 Å². The Morgan fingerprint density at radius 1 is 1.21 bits per heavy atom. The molecule has 0 aliphatic heterocycles. The minimum atomic E-state index is -0.549. The van der Waals surface area contributed by atoms with Gasteiger partial charge in [-0.2, -0.15) is 5.26 Å². The lowest BCUT2D eigenvalue weighted by Crippen LogP contribution is -2.49. The van der Waals surface area contributed by atoms with Gasteiger partial charge in [0.1, 0.15) is 5.54 Å². The summed E-state index contributed by atoms with van der Waals surface area (Å²) in [5.74, 6) is 2.40. The first-order chi connectivity index (χ1) is 9.21. The van der Waals surface area contributed by atoms with Crippen molar-refractivity contribution in [3.05, 3.63) is 0 Å². The summed E-state index contributed by atoms with van der Waals surface area (Å²) in [6, 6.07) is 2.38. The highest BCUT2D eigenvalue weighted by atomic mass is 16.1. The first-order valence-electron chi connectivity index (χ1n) is 7.93. The second-order valence-electron chi connectivity index (χ2n) is 6.94. The normalized spacial score (nSPS) is 35.8. The second-order valence-corrected chi connectivity index (χ2v) is 6.94. The Morgan fingerprint density at radius 2 is 2.00 bits per heavy atom. The van der Waals surface area contributed by atoms with Crippen LogP contribution in [-0.4, -0.2) is 11.4 Å². The summed E-state index contributed by atoms with van der Waals surface area (Å²) in [5, 5.41) is 12.5. The molecule has 3 aliphatic rings. The number of hydrogen-bond donors (Lipinski definition) is 1. The number of nitrogens with zero attached hydrogens (tertiary/aromatic N) is 1. The number of rotatable bonds is 3. The monoisotopic (exact) mass is 260 g/mol. The van der Waals surface area contributed by atoms with E-state index in [1.165, 1.54) is 32.1 Å². The molecule has 3 atom stereocenters. The lowest BCUT2D eigenvalue weighted by atomic mass is 9.82. The highest BCUT2D eigenvalue weighted by molar-refractivity contribution is 5.77. The first-order valence-corrected chi connectivity index (χ1v) is 7.93. The van der Waals surface area contributed by atoms with Crippen LogP contribution in [0.25, 0.3) is 0 Å². The van der Waals surface area contributed by atoms with E-state index in [-0.39, 0.29) is 5.91 Å². The summed E-state index contributed by atoms with van der Waals surface area (Å²) in [7, 11) is 0. The van der Waals surface area contributed by atoms with E-state index in [0.29, 0.717) is 12.3 Å². The maximum Gasteiger partial charge on any atom is 0.221 e. The Bertz CT molecular complexity index is 392. The van der Waals surface area contributed by atoms with Gasteiger partial charge < -0.3 is 5.32 Å². The van der Waals surface area contributed by atoms with Gasteiger partial charge in [-0.3, -0.25) is 4.79 Å². The van der Waals surface area contributed by atoms with Crippen molar-refractivity contribution in [3.63, 3.8) is 0 Å². The minimum Gasteiger partial charge on any atom is -0.338 e. The van der Waals surface area contributed by atoms with Crippen molar-refractivity contribution in [2.45, 2.75) is 69.7 Å². The number of nitriles is 1. The zero-order valence-corrected chi connectivity index (χ0v) is 11.7. The van der Waals surface area contributed by atoms with Gasteiger partial charge in [-0.25, -0.2) is 0 Å². The maximum atomic E-state index is 12.2. The highest BCUT2D eigenvalue weighted by Gasteiger charge is 2.41. The van der Waals surface area contributed by atoms with Crippen molar-refractivity contribution in [3.8, 4) is 6.07 Å². The standard InChI is InChI=1S/C16H24N2O/c17-11-16(6-2-1-3-7-16)18-15(19)10-14-9-12-4-5-13(14)8-12/h12-14H,1-10H2,(H,18,19). The van der Waals surface area contributed by atoms with E-state index in [9.17, 15) is 10.1 Å². The smallest absolute Gasteiger partial charge is 0.221 e. The van der Waals surface area contributed by atoms with Crippen LogP contribution in [-0.2, 0) is 4.79 Å². The lowest BCUT2D eigenvalue weighted by molar-refractivity contribution is -0.124. The predicted octanol–water partition coefficient (Wildman–Crippen LogP) is 3.16. The quantitative estimate of drug-likeness (QED) is 0.847. The van der Waals surface area contributed by atoms with Gasteiger partial charge in [0.05, 0.1) is 6.07 Å². The minimum absolute atomic E-state index is 0.126. The van der Waals surface area contributed by atoms with Crippen LogP contribution in [0, 0.1) is 29.1 Å².